The molecule has 1 saturated heterocycles. The van der Waals surface area contributed by atoms with Crippen LogP contribution in [-0.2, 0) is 11.3 Å². The minimum atomic E-state index is 0.585. The predicted octanol–water partition coefficient (Wildman–Crippen LogP) is 1.51. The lowest BCUT2D eigenvalue weighted by Gasteiger charge is -2.34. The molecule has 1 N–H and O–H groups in total. The highest BCUT2D eigenvalue weighted by atomic mass is 32.1. The second-order valence-electron chi connectivity index (χ2n) is 5.08. The van der Waals surface area contributed by atoms with E-state index in [4.69, 9.17) is 4.74 Å². The van der Waals surface area contributed by atoms with Crippen LogP contribution in [0, 0.1) is 12.8 Å². The molecule has 102 valence electrons. The Labute approximate surface area is 113 Å². The summed E-state index contributed by atoms with van der Waals surface area (Å²) < 4.78 is 5.60. The van der Waals surface area contributed by atoms with Crippen molar-refractivity contribution in [1.82, 2.24) is 15.2 Å². The van der Waals surface area contributed by atoms with Crippen molar-refractivity contribution in [2.45, 2.75) is 25.9 Å². The summed E-state index contributed by atoms with van der Waals surface area (Å²) in [6, 6.07) is 0.587. The summed E-state index contributed by atoms with van der Waals surface area (Å²) in [6.45, 7) is 5.91. The van der Waals surface area contributed by atoms with Gasteiger partial charge in [-0.2, -0.15) is 0 Å². The highest BCUT2D eigenvalue weighted by molar-refractivity contribution is 7.09. The third kappa shape index (κ3) is 3.51. The number of nitrogens with zero attached hydrogens (tertiary/aromatic N) is 2. The Balaban J connectivity index is 1.86. The van der Waals surface area contributed by atoms with Crippen molar-refractivity contribution in [3.8, 4) is 0 Å². The van der Waals surface area contributed by atoms with Gasteiger partial charge in [0.25, 0.3) is 0 Å². The molecule has 1 aromatic rings. The molecule has 1 aliphatic heterocycles. The number of hydrogen-bond donors (Lipinski definition) is 1. The van der Waals surface area contributed by atoms with Gasteiger partial charge in [-0.3, -0.25) is 0 Å². The fourth-order valence-electron chi connectivity index (χ4n) is 2.54. The Kier molecular flexibility index (Phi) is 5.12. The van der Waals surface area contributed by atoms with Gasteiger partial charge in [-0.15, -0.1) is 11.3 Å². The van der Waals surface area contributed by atoms with Crippen LogP contribution in [0.15, 0.2) is 5.51 Å². The summed E-state index contributed by atoms with van der Waals surface area (Å²) in [5.41, 5.74) is 3.09. The van der Waals surface area contributed by atoms with Crippen molar-refractivity contribution < 1.29 is 4.74 Å². The van der Waals surface area contributed by atoms with Gasteiger partial charge in [0.05, 0.1) is 17.8 Å². The van der Waals surface area contributed by atoms with E-state index in [1.807, 2.05) is 5.51 Å². The Morgan fingerprint density at radius 1 is 1.61 bits per heavy atom. The topological polar surface area (TPSA) is 37.4 Å². The van der Waals surface area contributed by atoms with Crippen LogP contribution in [0.4, 0.5) is 0 Å². The standard InChI is InChI=1S/C13H23N3OS/c1-10-13(18-9-15-10)7-16(3)6-11-8-17-5-4-12(11)14-2/h9,11-12,14H,4-8H2,1-3H3. The summed E-state index contributed by atoms with van der Waals surface area (Å²) in [6.07, 6.45) is 1.12. The number of nitrogens with one attached hydrogen (secondary N) is 1. The van der Waals surface area contributed by atoms with Gasteiger partial charge in [0.15, 0.2) is 0 Å². The Morgan fingerprint density at radius 2 is 2.44 bits per heavy atom. The number of rotatable bonds is 5. The third-order valence-electron chi connectivity index (χ3n) is 3.65. The van der Waals surface area contributed by atoms with Gasteiger partial charge in [-0.05, 0) is 27.4 Å². The lowest BCUT2D eigenvalue weighted by molar-refractivity contribution is 0.0209. The van der Waals surface area contributed by atoms with Crippen molar-refractivity contribution in [3.05, 3.63) is 16.1 Å². The number of aromatic nitrogens is 1. The van der Waals surface area contributed by atoms with Crippen molar-refractivity contribution in [2.75, 3.05) is 33.9 Å². The van der Waals surface area contributed by atoms with Gasteiger partial charge in [0, 0.05) is 36.5 Å². The molecule has 2 atom stereocenters. The summed E-state index contributed by atoms with van der Waals surface area (Å²) in [4.78, 5) is 8.05. The Morgan fingerprint density at radius 3 is 3.11 bits per heavy atom. The quantitative estimate of drug-likeness (QED) is 0.879. The van der Waals surface area contributed by atoms with E-state index < -0.39 is 0 Å². The van der Waals surface area contributed by atoms with Gasteiger partial charge in [-0.1, -0.05) is 0 Å². The lowest BCUT2D eigenvalue weighted by atomic mass is 9.95. The van der Waals surface area contributed by atoms with E-state index in [9.17, 15) is 0 Å². The number of hydrogen-bond acceptors (Lipinski definition) is 5. The van der Waals surface area contributed by atoms with E-state index in [0.717, 1.165) is 38.4 Å². The molecule has 2 unspecified atom stereocenters. The molecule has 0 bridgehead atoms. The molecule has 0 amide bonds. The van der Waals surface area contributed by atoms with Gasteiger partial charge < -0.3 is 15.0 Å². The molecule has 1 fully saturated rings. The molecule has 0 spiro atoms. The molecular weight excluding hydrogens is 246 g/mol. The second kappa shape index (κ2) is 6.61. The maximum atomic E-state index is 5.60. The zero-order chi connectivity index (χ0) is 13.0. The average molecular weight is 269 g/mol. The van der Waals surface area contributed by atoms with Crippen molar-refractivity contribution in [2.24, 2.45) is 5.92 Å². The molecule has 0 radical (unpaired) electrons. The fraction of sp³-hybridized carbons (Fsp3) is 0.769. The molecule has 0 aromatic carbocycles. The van der Waals surface area contributed by atoms with Crippen molar-refractivity contribution in [3.63, 3.8) is 0 Å². The predicted molar refractivity (Wildman–Crippen MR) is 75.0 cm³/mol. The normalized spacial score (nSPS) is 24.7. The maximum Gasteiger partial charge on any atom is 0.0798 e. The molecule has 4 nitrogen and oxygen atoms in total. The first-order valence-corrected chi connectivity index (χ1v) is 7.41. The number of thiazole rings is 1. The third-order valence-corrected chi connectivity index (χ3v) is 4.57. The van der Waals surface area contributed by atoms with Crippen LogP contribution < -0.4 is 5.32 Å². The summed E-state index contributed by atoms with van der Waals surface area (Å²) in [5, 5.41) is 3.41. The van der Waals surface area contributed by atoms with E-state index in [0.29, 0.717) is 12.0 Å². The molecule has 0 aliphatic carbocycles. The first-order chi connectivity index (χ1) is 8.70. The lowest BCUT2D eigenvalue weighted by Crippen LogP contribution is -2.45. The van der Waals surface area contributed by atoms with Crippen molar-refractivity contribution >= 4 is 11.3 Å². The average Bonchev–Trinajstić information content (AvgIpc) is 2.75. The van der Waals surface area contributed by atoms with Crippen LogP contribution in [0.3, 0.4) is 0 Å². The molecular formula is C13H23N3OS. The minimum absolute atomic E-state index is 0.585. The molecule has 2 heterocycles. The zero-order valence-corrected chi connectivity index (χ0v) is 12.3. The van der Waals surface area contributed by atoms with E-state index in [1.54, 1.807) is 11.3 Å². The molecule has 5 heteroatoms. The summed E-state index contributed by atoms with van der Waals surface area (Å²) in [7, 11) is 4.23. The molecule has 18 heavy (non-hydrogen) atoms. The van der Waals surface area contributed by atoms with Crippen LogP contribution in [0.1, 0.15) is 17.0 Å². The largest absolute Gasteiger partial charge is 0.381 e. The fourth-order valence-corrected chi connectivity index (χ4v) is 3.40. The zero-order valence-electron chi connectivity index (χ0n) is 11.5. The van der Waals surface area contributed by atoms with E-state index >= 15 is 0 Å². The highest BCUT2D eigenvalue weighted by Crippen LogP contribution is 2.18. The molecule has 2 rings (SSSR count). The van der Waals surface area contributed by atoms with Crippen LogP contribution >= 0.6 is 11.3 Å². The smallest absolute Gasteiger partial charge is 0.0798 e. The van der Waals surface area contributed by atoms with Crippen LogP contribution in [0.25, 0.3) is 0 Å². The first kappa shape index (κ1) is 13.9. The van der Waals surface area contributed by atoms with Gasteiger partial charge >= 0.3 is 0 Å². The van der Waals surface area contributed by atoms with Crippen LogP contribution in [0.2, 0.25) is 0 Å². The maximum absolute atomic E-state index is 5.60. The van der Waals surface area contributed by atoms with Gasteiger partial charge in [-0.25, -0.2) is 4.98 Å². The molecule has 1 aromatic heterocycles. The summed E-state index contributed by atoms with van der Waals surface area (Å²) >= 11 is 1.75. The monoisotopic (exact) mass is 269 g/mol. The second-order valence-corrected chi connectivity index (χ2v) is 6.02. The van der Waals surface area contributed by atoms with Crippen LogP contribution in [0.5, 0.6) is 0 Å². The SMILES string of the molecule is CNC1CCOCC1CN(C)Cc1scnc1C. The van der Waals surface area contributed by atoms with Gasteiger partial charge in [0.2, 0.25) is 0 Å². The van der Waals surface area contributed by atoms with E-state index in [-0.39, 0.29) is 0 Å². The van der Waals surface area contributed by atoms with E-state index in [2.05, 4.69) is 36.2 Å². The van der Waals surface area contributed by atoms with Crippen molar-refractivity contribution in [1.29, 1.82) is 0 Å². The van der Waals surface area contributed by atoms with Crippen LogP contribution in [-0.4, -0.2) is 49.8 Å². The summed E-state index contributed by atoms with van der Waals surface area (Å²) in [5.74, 6) is 0.585. The molecule has 0 saturated carbocycles. The minimum Gasteiger partial charge on any atom is -0.381 e. The number of aryl methyl sites for hydroxylation is 1. The van der Waals surface area contributed by atoms with E-state index in [1.165, 1.54) is 4.88 Å². The van der Waals surface area contributed by atoms with Gasteiger partial charge in [0.1, 0.15) is 0 Å². The first-order valence-electron chi connectivity index (χ1n) is 6.53. The number of ether oxygens (including phenoxy) is 1. The Hall–Kier alpha value is -0.490. The molecule has 1 aliphatic rings. The Bertz CT molecular complexity index is 369. The highest BCUT2D eigenvalue weighted by Gasteiger charge is 2.25.